The Morgan fingerprint density at radius 3 is 3.17 bits per heavy atom. The van der Waals surface area contributed by atoms with E-state index in [0.717, 1.165) is 19.5 Å². The average molecular weight is 181 g/mol. The molecule has 1 nitrogen and oxygen atoms in total. The fourth-order valence-electron chi connectivity index (χ4n) is 0.971. The van der Waals surface area contributed by atoms with Gasteiger partial charge < -0.3 is 5.32 Å². The zero-order valence-corrected chi connectivity index (χ0v) is 8.23. The smallest absolute Gasteiger partial charge is 0.0134 e. The van der Waals surface area contributed by atoms with Gasteiger partial charge in [0.1, 0.15) is 0 Å². The largest absolute Gasteiger partial charge is 0.313 e. The molecule has 66 valence electrons. The average Bonchev–Trinajstić information content (AvgIpc) is 2.57. The molecule has 0 amide bonds. The van der Waals surface area contributed by atoms with E-state index >= 15 is 0 Å². The van der Waals surface area contributed by atoms with Crippen LogP contribution in [-0.4, -0.2) is 13.1 Å². The molecule has 2 heteroatoms. The number of nitrogens with one attached hydrogen (secondary N) is 1. The minimum absolute atomic E-state index is 0.987. The standard InChI is InChI=1S/C10H15NS/c1-2-3-6-11-7-4-10-5-8-12-9-10/h2-3,5,8-9,11H,4,6-7H2,1H3/b3-2+. The molecule has 0 aliphatic heterocycles. The lowest BCUT2D eigenvalue weighted by Gasteiger charge is -1.98. The number of hydrogen-bond donors (Lipinski definition) is 1. The van der Waals surface area contributed by atoms with Gasteiger partial charge in [-0.3, -0.25) is 0 Å². The summed E-state index contributed by atoms with van der Waals surface area (Å²) in [5.74, 6) is 0. The zero-order valence-electron chi connectivity index (χ0n) is 7.42. The molecule has 0 aliphatic rings. The molecule has 1 N–H and O–H groups in total. The highest BCUT2D eigenvalue weighted by Crippen LogP contribution is 2.05. The summed E-state index contributed by atoms with van der Waals surface area (Å²) in [6.07, 6.45) is 5.34. The van der Waals surface area contributed by atoms with Gasteiger partial charge in [-0.2, -0.15) is 11.3 Å². The molecule has 0 fully saturated rings. The molecule has 1 aromatic heterocycles. The third-order valence-electron chi connectivity index (χ3n) is 1.67. The molecule has 1 aromatic rings. The van der Waals surface area contributed by atoms with E-state index in [9.17, 15) is 0 Å². The molecular weight excluding hydrogens is 166 g/mol. The molecule has 0 saturated carbocycles. The Morgan fingerprint density at radius 1 is 1.58 bits per heavy atom. The van der Waals surface area contributed by atoms with Crippen LogP contribution in [0.4, 0.5) is 0 Å². The molecule has 0 aliphatic carbocycles. The second-order valence-electron chi connectivity index (χ2n) is 2.65. The summed E-state index contributed by atoms with van der Waals surface area (Å²) in [6.45, 7) is 4.10. The predicted molar refractivity (Wildman–Crippen MR) is 55.7 cm³/mol. The summed E-state index contributed by atoms with van der Waals surface area (Å²) in [7, 11) is 0. The maximum atomic E-state index is 3.34. The molecule has 12 heavy (non-hydrogen) atoms. The third-order valence-corrected chi connectivity index (χ3v) is 2.40. The van der Waals surface area contributed by atoms with Crippen LogP contribution in [0.15, 0.2) is 29.0 Å². The normalized spacial score (nSPS) is 11.1. The number of thiophene rings is 1. The molecule has 1 heterocycles. The van der Waals surface area contributed by atoms with Crippen LogP contribution < -0.4 is 5.32 Å². The Bertz CT molecular complexity index is 214. The van der Waals surface area contributed by atoms with Gasteiger partial charge in [-0.15, -0.1) is 0 Å². The SMILES string of the molecule is C/C=C/CNCCc1ccsc1. The lowest BCUT2D eigenvalue weighted by atomic mass is 10.2. The summed E-state index contributed by atoms with van der Waals surface area (Å²) in [5, 5.41) is 7.67. The molecule has 0 aromatic carbocycles. The summed E-state index contributed by atoms with van der Waals surface area (Å²) in [6, 6.07) is 2.18. The second kappa shape index (κ2) is 5.98. The summed E-state index contributed by atoms with van der Waals surface area (Å²) >= 11 is 1.77. The Balaban J connectivity index is 2.03. The van der Waals surface area contributed by atoms with Crippen LogP contribution in [0.3, 0.4) is 0 Å². The van der Waals surface area contributed by atoms with Crippen molar-refractivity contribution in [3.8, 4) is 0 Å². The zero-order chi connectivity index (χ0) is 8.65. The van der Waals surface area contributed by atoms with E-state index in [4.69, 9.17) is 0 Å². The Hall–Kier alpha value is -0.600. The fourth-order valence-corrected chi connectivity index (χ4v) is 1.67. The highest BCUT2D eigenvalue weighted by atomic mass is 32.1. The van der Waals surface area contributed by atoms with Gasteiger partial charge in [0.15, 0.2) is 0 Å². The van der Waals surface area contributed by atoms with E-state index < -0.39 is 0 Å². The second-order valence-corrected chi connectivity index (χ2v) is 3.43. The van der Waals surface area contributed by atoms with Crippen molar-refractivity contribution in [2.75, 3.05) is 13.1 Å². The highest BCUT2D eigenvalue weighted by Gasteiger charge is 1.90. The van der Waals surface area contributed by atoms with Gasteiger partial charge in [0.2, 0.25) is 0 Å². The third kappa shape index (κ3) is 3.69. The summed E-state index contributed by atoms with van der Waals surface area (Å²) in [5.41, 5.74) is 1.44. The van der Waals surface area contributed by atoms with E-state index in [0.29, 0.717) is 0 Å². The lowest BCUT2D eigenvalue weighted by Crippen LogP contribution is -2.16. The van der Waals surface area contributed by atoms with Crippen molar-refractivity contribution in [2.45, 2.75) is 13.3 Å². The van der Waals surface area contributed by atoms with E-state index in [1.807, 2.05) is 6.92 Å². The number of hydrogen-bond acceptors (Lipinski definition) is 2. The van der Waals surface area contributed by atoms with Gasteiger partial charge in [0, 0.05) is 6.54 Å². The van der Waals surface area contributed by atoms with Gasteiger partial charge in [0.25, 0.3) is 0 Å². The molecular formula is C10H15NS. The molecule has 0 bridgehead atoms. The van der Waals surface area contributed by atoms with E-state index in [2.05, 4.69) is 34.3 Å². The Labute approximate surface area is 78.1 Å². The van der Waals surface area contributed by atoms with Crippen LogP contribution in [0.2, 0.25) is 0 Å². The molecule has 0 spiro atoms. The minimum Gasteiger partial charge on any atom is -0.313 e. The van der Waals surface area contributed by atoms with E-state index in [-0.39, 0.29) is 0 Å². The van der Waals surface area contributed by atoms with Crippen LogP contribution in [0.25, 0.3) is 0 Å². The van der Waals surface area contributed by atoms with Crippen molar-refractivity contribution < 1.29 is 0 Å². The first-order chi connectivity index (χ1) is 5.93. The minimum atomic E-state index is 0.987. The molecule has 0 unspecified atom stereocenters. The molecule has 0 radical (unpaired) electrons. The summed E-state index contributed by atoms with van der Waals surface area (Å²) in [4.78, 5) is 0. The summed E-state index contributed by atoms with van der Waals surface area (Å²) < 4.78 is 0. The van der Waals surface area contributed by atoms with Gasteiger partial charge in [-0.05, 0) is 42.3 Å². The van der Waals surface area contributed by atoms with Gasteiger partial charge in [-0.25, -0.2) is 0 Å². The van der Waals surface area contributed by atoms with Crippen molar-refractivity contribution in [2.24, 2.45) is 0 Å². The van der Waals surface area contributed by atoms with Crippen LogP contribution in [0.5, 0.6) is 0 Å². The number of rotatable bonds is 5. The van der Waals surface area contributed by atoms with Crippen LogP contribution >= 0.6 is 11.3 Å². The first kappa shape index (κ1) is 9.49. The monoisotopic (exact) mass is 181 g/mol. The van der Waals surface area contributed by atoms with Crippen molar-refractivity contribution in [3.05, 3.63) is 34.5 Å². The highest BCUT2D eigenvalue weighted by molar-refractivity contribution is 7.07. The van der Waals surface area contributed by atoms with Crippen LogP contribution in [-0.2, 0) is 6.42 Å². The fraction of sp³-hybridized carbons (Fsp3) is 0.400. The maximum absolute atomic E-state index is 3.34. The lowest BCUT2D eigenvalue weighted by molar-refractivity contribution is 0.745. The first-order valence-electron chi connectivity index (χ1n) is 4.26. The van der Waals surface area contributed by atoms with Crippen molar-refractivity contribution >= 4 is 11.3 Å². The van der Waals surface area contributed by atoms with E-state index in [1.165, 1.54) is 5.56 Å². The van der Waals surface area contributed by atoms with Crippen molar-refractivity contribution in [1.82, 2.24) is 5.32 Å². The topological polar surface area (TPSA) is 12.0 Å². The number of allylic oxidation sites excluding steroid dienone is 1. The van der Waals surface area contributed by atoms with Gasteiger partial charge >= 0.3 is 0 Å². The molecule has 0 atom stereocenters. The first-order valence-corrected chi connectivity index (χ1v) is 5.20. The van der Waals surface area contributed by atoms with E-state index in [1.54, 1.807) is 11.3 Å². The maximum Gasteiger partial charge on any atom is 0.0134 e. The Morgan fingerprint density at radius 2 is 2.50 bits per heavy atom. The van der Waals surface area contributed by atoms with Crippen molar-refractivity contribution in [1.29, 1.82) is 0 Å². The molecule has 0 saturated heterocycles. The van der Waals surface area contributed by atoms with Gasteiger partial charge in [0.05, 0.1) is 0 Å². The predicted octanol–water partition coefficient (Wildman–Crippen LogP) is 2.46. The van der Waals surface area contributed by atoms with Crippen molar-refractivity contribution in [3.63, 3.8) is 0 Å². The molecule has 1 rings (SSSR count). The van der Waals surface area contributed by atoms with Gasteiger partial charge in [-0.1, -0.05) is 12.2 Å². The Kier molecular flexibility index (Phi) is 4.73. The van der Waals surface area contributed by atoms with Crippen LogP contribution in [0, 0.1) is 0 Å². The quantitative estimate of drug-likeness (QED) is 0.543. The van der Waals surface area contributed by atoms with Crippen LogP contribution in [0.1, 0.15) is 12.5 Å².